The van der Waals surface area contributed by atoms with Gasteiger partial charge in [0, 0.05) is 34.6 Å². The first kappa shape index (κ1) is 24.3. The van der Waals surface area contributed by atoms with Gasteiger partial charge < -0.3 is 16.0 Å². The lowest BCUT2D eigenvalue weighted by molar-refractivity contribution is 0.262. The van der Waals surface area contributed by atoms with Crippen molar-refractivity contribution in [2.45, 2.75) is 6.54 Å². The van der Waals surface area contributed by atoms with E-state index in [1.165, 1.54) is 0 Å². The summed E-state index contributed by atoms with van der Waals surface area (Å²) in [5.41, 5.74) is 4.89. The highest BCUT2D eigenvalue weighted by Crippen LogP contribution is 2.30. The maximum atomic E-state index is 12.3. The fourth-order valence-electron chi connectivity index (χ4n) is 3.73. The van der Waals surface area contributed by atoms with Crippen molar-refractivity contribution in [1.29, 1.82) is 5.26 Å². The molecule has 10 heteroatoms. The minimum Gasteiger partial charge on any atom is -0.366 e. The van der Waals surface area contributed by atoms with Gasteiger partial charge in [0.15, 0.2) is 5.65 Å². The number of hydrogen-bond donors (Lipinski definition) is 3. The van der Waals surface area contributed by atoms with Crippen molar-refractivity contribution in [3.63, 3.8) is 0 Å². The lowest BCUT2D eigenvalue weighted by atomic mass is 10.1. The van der Waals surface area contributed by atoms with Crippen LogP contribution in [-0.2, 0) is 6.54 Å². The Labute approximate surface area is 226 Å². The highest BCUT2D eigenvalue weighted by Gasteiger charge is 2.13. The Morgan fingerprint density at radius 2 is 1.78 bits per heavy atom. The first-order valence-electron chi connectivity index (χ1n) is 11.2. The molecule has 37 heavy (non-hydrogen) atoms. The molecule has 0 spiro atoms. The summed E-state index contributed by atoms with van der Waals surface area (Å²) in [5.74, 6) is 0.756. The molecule has 182 valence electrons. The van der Waals surface area contributed by atoms with E-state index in [0.29, 0.717) is 34.2 Å². The van der Waals surface area contributed by atoms with Gasteiger partial charge in [0.1, 0.15) is 5.82 Å². The van der Waals surface area contributed by atoms with Gasteiger partial charge in [-0.05, 0) is 57.9 Å². The Morgan fingerprint density at radius 1 is 1.00 bits per heavy atom. The quantitative estimate of drug-likeness (QED) is 0.204. The molecule has 0 fully saturated rings. The van der Waals surface area contributed by atoms with Crippen LogP contribution < -0.4 is 16.0 Å². The zero-order valence-corrected chi connectivity index (χ0v) is 21.6. The summed E-state index contributed by atoms with van der Waals surface area (Å²) >= 11 is 9.93. The standard InChI is InChI=1S/C27H19BrClN7O/c28-22-16-32-36-25(13-24(35-26(22)36)21-6-1-2-7-23(21)29)31-15-17-8-10-19(11-9-17)33-27(37)34-20-5-3-4-18(12-20)14-30/h1-13,16,31H,15H2,(H2,33,34,37). The molecule has 3 aromatic carbocycles. The summed E-state index contributed by atoms with van der Waals surface area (Å²) in [6.45, 7) is 0.520. The van der Waals surface area contributed by atoms with E-state index in [4.69, 9.17) is 21.8 Å². The molecule has 0 saturated heterocycles. The summed E-state index contributed by atoms with van der Waals surface area (Å²) in [7, 11) is 0. The molecular weight excluding hydrogens is 554 g/mol. The molecule has 0 atom stereocenters. The Hall–Kier alpha value is -4.39. The maximum absolute atomic E-state index is 12.3. The molecule has 0 aliphatic heterocycles. The number of fused-ring (bicyclic) bond motifs is 1. The monoisotopic (exact) mass is 571 g/mol. The average Bonchev–Trinajstić information content (AvgIpc) is 3.29. The van der Waals surface area contributed by atoms with Crippen LogP contribution >= 0.6 is 27.5 Å². The summed E-state index contributed by atoms with van der Waals surface area (Å²) in [5, 5.41) is 23.0. The largest absolute Gasteiger partial charge is 0.366 e. The van der Waals surface area contributed by atoms with Gasteiger partial charge in [-0.2, -0.15) is 14.9 Å². The second kappa shape index (κ2) is 10.7. The number of rotatable bonds is 6. The van der Waals surface area contributed by atoms with Crippen LogP contribution in [0.2, 0.25) is 5.02 Å². The van der Waals surface area contributed by atoms with Gasteiger partial charge in [0.2, 0.25) is 0 Å². The van der Waals surface area contributed by atoms with Crippen LogP contribution in [0.25, 0.3) is 16.9 Å². The predicted octanol–water partition coefficient (Wildman–Crippen LogP) is 6.94. The van der Waals surface area contributed by atoms with Gasteiger partial charge in [-0.15, -0.1) is 0 Å². The maximum Gasteiger partial charge on any atom is 0.323 e. The van der Waals surface area contributed by atoms with Crippen LogP contribution in [0.3, 0.4) is 0 Å². The molecule has 0 aliphatic rings. The lowest BCUT2D eigenvalue weighted by Crippen LogP contribution is -2.19. The third-order valence-electron chi connectivity index (χ3n) is 5.51. The number of aromatic nitrogens is 3. The molecule has 2 aromatic heterocycles. The fourth-order valence-corrected chi connectivity index (χ4v) is 4.31. The topological polar surface area (TPSA) is 107 Å². The van der Waals surface area contributed by atoms with Gasteiger partial charge >= 0.3 is 6.03 Å². The van der Waals surface area contributed by atoms with E-state index in [2.05, 4.69) is 43.0 Å². The number of nitriles is 1. The van der Waals surface area contributed by atoms with E-state index >= 15 is 0 Å². The molecule has 0 aliphatic carbocycles. The summed E-state index contributed by atoms with van der Waals surface area (Å²) in [6.07, 6.45) is 1.70. The zero-order valence-electron chi connectivity index (χ0n) is 19.2. The minimum atomic E-state index is -0.392. The molecule has 3 N–H and O–H groups in total. The van der Waals surface area contributed by atoms with Crippen molar-refractivity contribution < 1.29 is 4.79 Å². The van der Waals surface area contributed by atoms with Gasteiger partial charge in [0.05, 0.1) is 28.0 Å². The molecule has 5 rings (SSSR count). The number of amides is 2. The van der Waals surface area contributed by atoms with Crippen LogP contribution in [0, 0.1) is 11.3 Å². The minimum absolute atomic E-state index is 0.392. The van der Waals surface area contributed by atoms with Gasteiger partial charge in [-0.1, -0.05) is 48.0 Å². The van der Waals surface area contributed by atoms with Crippen molar-refractivity contribution >= 4 is 56.4 Å². The summed E-state index contributed by atoms with van der Waals surface area (Å²) in [6, 6.07) is 25.3. The number of nitrogens with zero attached hydrogens (tertiary/aromatic N) is 4. The number of carbonyl (C=O) groups is 1. The smallest absolute Gasteiger partial charge is 0.323 e. The number of halogens is 2. The normalized spacial score (nSPS) is 10.6. The van der Waals surface area contributed by atoms with Crippen molar-refractivity contribution in [1.82, 2.24) is 14.6 Å². The number of hydrogen-bond acceptors (Lipinski definition) is 5. The summed E-state index contributed by atoms with van der Waals surface area (Å²) < 4.78 is 2.50. The van der Waals surface area contributed by atoms with Crippen LogP contribution in [-0.4, -0.2) is 20.6 Å². The first-order valence-corrected chi connectivity index (χ1v) is 12.4. The van der Waals surface area contributed by atoms with Crippen molar-refractivity contribution in [2.75, 3.05) is 16.0 Å². The molecule has 8 nitrogen and oxygen atoms in total. The Morgan fingerprint density at radius 3 is 2.57 bits per heavy atom. The molecule has 0 unspecified atom stereocenters. The van der Waals surface area contributed by atoms with Crippen LogP contribution in [0.1, 0.15) is 11.1 Å². The van der Waals surface area contributed by atoms with Crippen LogP contribution in [0.5, 0.6) is 0 Å². The molecule has 0 bridgehead atoms. The van der Waals surface area contributed by atoms with Crippen LogP contribution in [0.15, 0.2) is 89.5 Å². The van der Waals surface area contributed by atoms with Crippen LogP contribution in [0.4, 0.5) is 22.0 Å². The first-order chi connectivity index (χ1) is 18.0. The number of anilines is 3. The van der Waals surface area contributed by atoms with Gasteiger partial charge in [0.25, 0.3) is 0 Å². The highest BCUT2D eigenvalue weighted by molar-refractivity contribution is 9.10. The van der Waals surface area contributed by atoms with Gasteiger partial charge in [-0.25, -0.2) is 9.78 Å². The molecule has 0 saturated carbocycles. The van der Waals surface area contributed by atoms with E-state index in [9.17, 15) is 4.79 Å². The lowest BCUT2D eigenvalue weighted by Gasteiger charge is -2.12. The molecular formula is C27H19BrClN7O. The van der Waals surface area contributed by atoms with E-state index in [0.717, 1.165) is 27.1 Å². The number of nitrogens with one attached hydrogen (secondary N) is 3. The molecule has 2 heterocycles. The zero-order chi connectivity index (χ0) is 25.8. The van der Waals surface area contributed by atoms with E-state index < -0.39 is 6.03 Å². The summed E-state index contributed by atoms with van der Waals surface area (Å²) in [4.78, 5) is 17.1. The van der Waals surface area contributed by atoms with Crippen molar-refractivity contribution in [3.8, 4) is 17.3 Å². The predicted molar refractivity (Wildman–Crippen MR) is 149 cm³/mol. The SMILES string of the molecule is N#Cc1cccc(NC(=O)Nc2ccc(CNc3cc(-c4ccccc4Cl)nc4c(Br)cnn34)cc2)c1. The highest BCUT2D eigenvalue weighted by atomic mass is 79.9. The molecule has 0 radical (unpaired) electrons. The van der Waals surface area contributed by atoms with Crippen molar-refractivity contribution in [2.24, 2.45) is 0 Å². The number of benzene rings is 3. The fraction of sp³-hybridized carbons (Fsp3) is 0.0370. The second-order valence-electron chi connectivity index (χ2n) is 8.06. The van der Waals surface area contributed by atoms with Gasteiger partial charge in [-0.3, -0.25) is 0 Å². The van der Waals surface area contributed by atoms with E-state index in [1.54, 1.807) is 35.0 Å². The van der Waals surface area contributed by atoms with Crippen molar-refractivity contribution in [3.05, 3.63) is 106 Å². The number of carbonyl (C=O) groups excluding carboxylic acids is 1. The third kappa shape index (κ3) is 5.56. The molecule has 5 aromatic rings. The van der Waals surface area contributed by atoms with E-state index in [1.807, 2.05) is 54.6 Å². The molecule has 2 amide bonds. The second-order valence-corrected chi connectivity index (χ2v) is 9.32. The third-order valence-corrected chi connectivity index (χ3v) is 6.40. The number of urea groups is 1. The Bertz CT molecular complexity index is 1640. The Balaban J connectivity index is 1.28. The van der Waals surface area contributed by atoms with E-state index in [-0.39, 0.29) is 0 Å². The Kier molecular flexibility index (Phi) is 7.03. The average molecular weight is 573 g/mol.